The minimum absolute atomic E-state index is 0.310. The first-order chi connectivity index (χ1) is 8.27. The Morgan fingerprint density at radius 1 is 1.29 bits per heavy atom. The number of para-hydroxylation sites is 1. The quantitative estimate of drug-likeness (QED) is 0.751. The number of hydrogen-bond donors (Lipinski definition) is 2. The van der Waals surface area contributed by atoms with Gasteiger partial charge in [0.2, 0.25) is 0 Å². The van der Waals surface area contributed by atoms with Gasteiger partial charge in [0.1, 0.15) is 0 Å². The molecule has 0 saturated carbocycles. The molecule has 0 atom stereocenters. The van der Waals surface area contributed by atoms with Crippen molar-refractivity contribution in [3.05, 3.63) is 36.0 Å². The van der Waals surface area contributed by atoms with Crippen molar-refractivity contribution in [2.45, 2.75) is 26.5 Å². The first-order valence-electron chi connectivity index (χ1n) is 6.14. The molecule has 92 valence electrons. The molecule has 0 aliphatic carbocycles. The molecule has 0 bridgehead atoms. The molecule has 0 aliphatic rings. The molecule has 1 aromatic heterocycles. The Bertz CT molecular complexity index is 462. The van der Waals surface area contributed by atoms with Crippen LogP contribution in [0.2, 0.25) is 0 Å². The Morgan fingerprint density at radius 2 is 2.12 bits per heavy atom. The highest BCUT2D eigenvalue weighted by atomic mass is 16.5. The molecule has 0 fully saturated rings. The second-order valence-electron chi connectivity index (χ2n) is 4.46. The third-order valence-electron chi connectivity index (χ3n) is 2.72. The van der Waals surface area contributed by atoms with Crippen molar-refractivity contribution >= 4 is 10.9 Å². The summed E-state index contributed by atoms with van der Waals surface area (Å²) < 4.78 is 5.48. The van der Waals surface area contributed by atoms with Gasteiger partial charge in [0.15, 0.2) is 0 Å². The number of benzene rings is 1. The normalized spacial score (nSPS) is 11.5. The fourth-order valence-electron chi connectivity index (χ4n) is 1.87. The van der Waals surface area contributed by atoms with Crippen LogP contribution in [0.3, 0.4) is 0 Å². The van der Waals surface area contributed by atoms with Crippen molar-refractivity contribution in [2.75, 3.05) is 13.2 Å². The molecule has 0 amide bonds. The average molecular weight is 232 g/mol. The van der Waals surface area contributed by atoms with Gasteiger partial charge >= 0.3 is 0 Å². The van der Waals surface area contributed by atoms with Gasteiger partial charge in [-0.1, -0.05) is 18.2 Å². The number of ether oxygens (including phenoxy) is 1. The van der Waals surface area contributed by atoms with Gasteiger partial charge in [0.25, 0.3) is 0 Å². The van der Waals surface area contributed by atoms with Crippen LogP contribution in [0.25, 0.3) is 10.9 Å². The fraction of sp³-hybridized carbons (Fsp3) is 0.429. The maximum atomic E-state index is 5.48. The molecule has 2 rings (SSSR count). The minimum Gasteiger partial charge on any atom is -0.377 e. The van der Waals surface area contributed by atoms with E-state index in [9.17, 15) is 0 Å². The van der Waals surface area contributed by atoms with E-state index in [1.165, 1.54) is 16.5 Å². The Morgan fingerprint density at radius 3 is 2.94 bits per heavy atom. The lowest BCUT2D eigenvalue weighted by molar-refractivity contribution is 0.0807. The highest BCUT2D eigenvalue weighted by Gasteiger charge is 2.01. The SMILES string of the molecule is CC(C)OCCNCc1c[nH]c2ccccc12. The Kier molecular flexibility index (Phi) is 4.18. The summed E-state index contributed by atoms with van der Waals surface area (Å²) in [6.45, 7) is 6.64. The summed E-state index contributed by atoms with van der Waals surface area (Å²) in [7, 11) is 0. The molecular weight excluding hydrogens is 212 g/mol. The number of fused-ring (bicyclic) bond motifs is 1. The van der Waals surface area contributed by atoms with E-state index < -0.39 is 0 Å². The topological polar surface area (TPSA) is 37.0 Å². The summed E-state index contributed by atoms with van der Waals surface area (Å²) in [5.74, 6) is 0. The van der Waals surface area contributed by atoms with Gasteiger partial charge in [0, 0.05) is 30.2 Å². The molecule has 0 radical (unpaired) electrons. The van der Waals surface area contributed by atoms with Crippen LogP contribution in [0.5, 0.6) is 0 Å². The summed E-state index contributed by atoms with van der Waals surface area (Å²) in [6.07, 6.45) is 2.38. The third kappa shape index (κ3) is 3.32. The van der Waals surface area contributed by atoms with Gasteiger partial charge < -0.3 is 15.0 Å². The average Bonchev–Trinajstić information content (AvgIpc) is 2.72. The maximum absolute atomic E-state index is 5.48. The van der Waals surface area contributed by atoms with Gasteiger partial charge in [0.05, 0.1) is 12.7 Å². The highest BCUT2D eigenvalue weighted by molar-refractivity contribution is 5.82. The Labute approximate surface area is 102 Å². The van der Waals surface area contributed by atoms with Crippen LogP contribution in [0.1, 0.15) is 19.4 Å². The van der Waals surface area contributed by atoms with Gasteiger partial charge in [-0.3, -0.25) is 0 Å². The second-order valence-corrected chi connectivity index (χ2v) is 4.46. The number of aromatic nitrogens is 1. The van der Waals surface area contributed by atoms with Crippen LogP contribution in [0.15, 0.2) is 30.5 Å². The van der Waals surface area contributed by atoms with Crippen LogP contribution in [-0.2, 0) is 11.3 Å². The van der Waals surface area contributed by atoms with Crippen LogP contribution < -0.4 is 5.32 Å². The molecular formula is C14H20N2O. The minimum atomic E-state index is 0.310. The van der Waals surface area contributed by atoms with E-state index in [-0.39, 0.29) is 0 Å². The number of rotatable bonds is 6. The zero-order valence-electron chi connectivity index (χ0n) is 10.5. The van der Waals surface area contributed by atoms with E-state index in [0.717, 1.165) is 19.7 Å². The van der Waals surface area contributed by atoms with Crippen LogP contribution in [-0.4, -0.2) is 24.2 Å². The lowest BCUT2D eigenvalue weighted by Crippen LogP contribution is -2.20. The van der Waals surface area contributed by atoms with E-state index >= 15 is 0 Å². The number of aromatic amines is 1. The van der Waals surface area contributed by atoms with Gasteiger partial charge in [-0.2, -0.15) is 0 Å². The smallest absolute Gasteiger partial charge is 0.0594 e. The zero-order chi connectivity index (χ0) is 12.1. The molecule has 0 aliphatic heterocycles. The zero-order valence-corrected chi connectivity index (χ0v) is 10.5. The van der Waals surface area contributed by atoms with Gasteiger partial charge in [-0.15, -0.1) is 0 Å². The van der Waals surface area contributed by atoms with Crippen molar-refractivity contribution in [1.29, 1.82) is 0 Å². The largest absolute Gasteiger partial charge is 0.377 e. The predicted octanol–water partition coefficient (Wildman–Crippen LogP) is 2.68. The van der Waals surface area contributed by atoms with Crippen molar-refractivity contribution in [3.63, 3.8) is 0 Å². The third-order valence-corrected chi connectivity index (χ3v) is 2.72. The molecule has 3 heteroatoms. The summed E-state index contributed by atoms with van der Waals surface area (Å²) >= 11 is 0. The van der Waals surface area contributed by atoms with Crippen molar-refractivity contribution < 1.29 is 4.74 Å². The molecule has 0 unspecified atom stereocenters. The van der Waals surface area contributed by atoms with Crippen LogP contribution >= 0.6 is 0 Å². The summed E-state index contributed by atoms with van der Waals surface area (Å²) in [6, 6.07) is 8.36. The Balaban J connectivity index is 1.83. The molecule has 0 spiro atoms. The summed E-state index contributed by atoms with van der Waals surface area (Å²) in [4.78, 5) is 3.28. The lowest BCUT2D eigenvalue weighted by atomic mass is 10.2. The number of H-pyrrole nitrogens is 1. The van der Waals surface area contributed by atoms with E-state index in [0.29, 0.717) is 6.10 Å². The standard InChI is InChI=1S/C14H20N2O/c1-11(2)17-8-7-15-9-12-10-16-14-6-4-3-5-13(12)14/h3-6,10-11,15-16H,7-9H2,1-2H3. The molecule has 2 N–H and O–H groups in total. The molecule has 17 heavy (non-hydrogen) atoms. The predicted molar refractivity (Wildman–Crippen MR) is 71.1 cm³/mol. The van der Waals surface area contributed by atoms with E-state index in [1.807, 2.05) is 6.07 Å². The fourth-order valence-corrected chi connectivity index (χ4v) is 1.87. The number of hydrogen-bond acceptors (Lipinski definition) is 2. The second kappa shape index (κ2) is 5.84. The number of nitrogens with one attached hydrogen (secondary N) is 2. The van der Waals surface area contributed by atoms with Gasteiger partial charge in [-0.25, -0.2) is 0 Å². The Hall–Kier alpha value is -1.32. The molecule has 1 aromatic carbocycles. The maximum Gasteiger partial charge on any atom is 0.0594 e. The molecule has 0 saturated heterocycles. The van der Waals surface area contributed by atoms with Crippen molar-refractivity contribution in [3.8, 4) is 0 Å². The van der Waals surface area contributed by atoms with E-state index in [2.05, 4.69) is 48.5 Å². The van der Waals surface area contributed by atoms with Crippen molar-refractivity contribution in [1.82, 2.24) is 10.3 Å². The first-order valence-corrected chi connectivity index (χ1v) is 6.14. The highest BCUT2D eigenvalue weighted by Crippen LogP contribution is 2.16. The van der Waals surface area contributed by atoms with Crippen LogP contribution in [0.4, 0.5) is 0 Å². The van der Waals surface area contributed by atoms with E-state index in [4.69, 9.17) is 4.74 Å². The van der Waals surface area contributed by atoms with Crippen LogP contribution in [0, 0.1) is 0 Å². The lowest BCUT2D eigenvalue weighted by Gasteiger charge is -2.08. The molecule has 2 aromatic rings. The molecule has 1 heterocycles. The monoisotopic (exact) mass is 232 g/mol. The summed E-state index contributed by atoms with van der Waals surface area (Å²) in [5, 5.41) is 4.69. The summed E-state index contributed by atoms with van der Waals surface area (Å²) in [5.41, 5.74) is 2.51. The first kappa shape index (κ1) is 12.1. The van der Waals surface area contributed by atoms with Crippen molar-refractivity contribution in [2.24, 2.45) is 0 Å². The van der Waals surface area contributed by atoms with Gasteiger partial charge in [-0.05, 0) is 25.5 Å². The molecule has 3 nitrogen and oxygen atoms in total. The van der Waals surface area contributed by atoms with E-state index in [1.54, 1.807) is 0 Å².